The molecule has 0 radical (unpaired) electrons. The van der Waals surface area contributed by atoms with E-state index in [2.05, 4.69) is 30.3 Å². The highest BCUT2D eigenvalue weighted by molar-refractivity contribution is 7.85. The fraction of sp³-hybridized carbons (Fsp3) is 0.0833. The lowest BCUT2D eigenvalue weighted by atomic mass is 9.86. The monoisotopic (exact) mass is 354 g/mol. The molecule has 126 valence electrons. The van der Waals surface area contributed by atoms with Gasteiger partial charge in [0.15, 0.2) is 7.14 Å². The number of hydrogen-bond donors (Lipinski definition) is 0. The summed E-state index contributed by atoms with van der Waals surface area (Å²) in [7, 11) is -2.94. The molecule has 0 heterocycles. The Kier molecular flexibility index (Phi) is 3.58. The molecular weight excluding hydrogens is 335 g/mol. The first-order valence-corrected chi connectivity index (χ1v) is 10.7. The van der Waals surface area contributed by atoms with Gasteiger partial charge in [-0.15, -0.1) is 0 Å². The minimum Gasteiger partial charge on any atom is -0.309 e. The Morgan fingerprint density at radius 2 is 1.23 bits per heavy atom. The van der Waals surface area contributed by atoms with E-state index < -0.39 is 7.14 Å². The van der Waals surface area contributed by atoms with Crippen molar-refractivity contribution in [2.75, 3.05) is 0 Å². The van der Waals surface area contributed by atoms with E-state index in [4.69, 9.17) is 0 Å². The van der Waals surface area contributed by atoms with E-state index in [1.54, 1.807) is 0 Å². The van der Waals surface area contributed by atoms with Crippen molar-refractivity contribution in [3.05, 3.63) is 102 Å². The minimum atomic E-state index is -2.94. The van der Waals surface area contributed by atoms with Crippen LogP contribution < -0.4 is 15.9 Å². The Morgan fingerprint density at radius 3 is 1.81 bits per heavy atom. The molecule has 0 amide bonds. The maximum absolute atomic E-state index is 14.8. The van der Waals surface area contributed by atoms with Crippen LogP contribution in [0.15, 0.2) is 91.0 Å². The van der Waals surface area contributed by atoms with Crippen LogP contribution in [0.4, 0.5) is 0 Å². The number of rotatable bonds is 3. The third kappa shape index (κ3) is 2.21. The van der Waals surface area contributed by atoms with Crippen LogP contribution in [-0.2, 0) is 17.4 Å². The van der Waals surface area contributed by atoms with Gasteiger partial charge in [0.05, 0.1) is 0 Å². The van der Waals surface area contributed by atoms with E-state index in [0.29, 0.717) is 0 Å². The second-order valence-corrected chi connectivity index (χ2v) is 9.56. The quantitative estimate of drug-likeness (QED) is 0.492. The normalized spacial score (nSPS) is 13.2. The maximum atomic E-state index is 14.8. The van der Waals surface area contributed by atoms with Gasteiger partial charge in [0.1, 0.15) is 0 Å². The van der Waals surface area contributed by atoms with Crippen LogP contribution >= 0.6 is 7.14 Å². The maximum Gasteiger partial charge on any atom is 0.171 e. The van der Waals surface area contributed by atoms with E-state index in [0.717, 1.165) is 34.1 Å². The molecule has 0 aliphatic heterocycles. The highest BCUT2D eigenvalue weighted by Crippen LogP contribution is 2.47. The summed E-state index contributed by atoms with van der Waals surface area (Å²) in [6.45, 7) is 0. The van der Waals surface area contributed by atoms with Crippen LogP contribution in [0.2, 0.25) is 0 Å². The zero-order valence-corrected chi connectivity index (χ0v) is 15.3. The largest absolute Gasteiger partial charge is 0.309 e. The molecule has 0 fully saturated rings. The molecule has 0 saturated heterocycles. The third-order valence-corrected chi connectivity index (χ3v) is 8.61. The van der Waals surface area contributed by atoms with Crippen LogP contribution in [0.1, 0.15) is 11.1 Å². The van der Waals surface area contributed by atoms with Crippen LogP contribution in [-0.4, -0.2) is 0 Å². The van der Waals surface area contributed by atoms with Gasteiger partial charge in [0.2, 0.25) is 0 Å². The van der Waals surface area contributed by atoms with Crippen LogP contribution in [0, 0.1) is 0 Å². The molecule has 26 heavy (non-hydrogen) atoms. The van der Waals surface area contributed by atoms with Crippen LogP contribution in [0.3, 0.4) is 0 Å². The Hall–Kier alpha value is -2.63. The Balaban J connectivity index is 1.93. The van der Waals surface area contributed by atoms with E-state index in [9.17, 15) is 4.57 Å². The van der Waals surface area contributed by atoms with Gasteiger partial charge in [-0.25, -0.2) is 0 Å². The Bertz CT molecular complexity index is 1100. The molecule has 0 atom stereocenters. The summed E-state index contributed by atoms with van der Waals surface area (Å²) < 4.78 is 14.8. The van der Waals surface area contributed by atoms with Crippen molar-refractivity contribution >= 4 is 33.8 Å². The molecule has 5 rings (SSSR count). The van der Waals surface area contributed by atoms with Gasteiger partial charge >= 0.3 is 0 Å². The lowest BCUT2D eigenvalue weighted by molar-refractivity contribution is 0.592. The van der Waals surface area contributed by atoms with Crippen LogP contribution in [0.25, 0.3) is 10.8 Å². The molecule has 4 aromatic carbocycles. The highest BCUT2D eigenvalue weighted by Gasteiger charge is 2.36. The molecule has 0 N–H and O–H groups in total. The predicted octanol–water partition coefficient (Wildman–Crippen LogP) is 4.58. The smallest absolute Gasteiger partial charge is 0.171 e. The average molecular weight is 354 g/mol. The molecule has 0 unspecified atom stereocenters. The average Bonchev–Trinajstić information content (AvgIpc) is 2.70. The summed E-state index contributed by atoms with van der Waals surface area (Å²) in [6, 6.07) is 30.6. The molecule has 1 aliphatic carbocycles. The van der Waals surface area contributed by atoms with Crippen LogP contribution in [0.5, 0.6) is 0 Å². The molecule has 0 spiro atoms. The van der Waals surface area contributed by atoms with Crippen molar-refractivity contribution in [3.8, 4) is 0 Å². The summed E-state index contributed by atoms with van der Waals surface area (Å²) in [4.78, 5) is 0. The van der Waals surface area contributed by atoms with Crippen molar-refractivity contribution in [1.82, 2.24) is 0 Å². The van der Waals surface area contributed by atoms with Gasteiger partial charge < -0.3 is 4.57 Å². The number of hydrogen-bond acceptors (Lipinski definition) is 1. The second kappa shape index (κ2) is 5.97. The van der Waals surface area contributed by atoms with Gasteiger partial charge in [0, 0.05) is 15.9 Å². The Labute approximate surface area is 153 Å². The standard InChI is InChI=1S/C24H19OP/c25-26(20-10-3-1-4-11-20,21-12-5-2-6-13-21)24-22-14-8-7-9-18(22)17-19-15-16-23(19)24/h1-14,17H,15-16H2. The second-order valence-electron chi connectivity index (χ2n) is 6.86. The summed E-state index contributed by atoms with van der Waals surface area (Å²) in [5.74, 6) is 0. The first kappa shape index (κ1) is 15.6. The van der Waals surface area contributed by atoms with Crippen molar-refractivity contribution in [2.45, 2.75) is 12.8 Å². The molecule has 4 aromatic rings. The first-order valence-electron chi connectivity index (χ1n) is 9.04. The van der Waals surface area contributed by atoms with E-state index in [1.807, 2.05) is 60.7 Å². The molecular formula is C24H19OP. The van der Waals surface area contributed by atoms with Crippen molar-refractivity contribution in [2.24, 2.45) is 0 Å². The summed E-state index contributed by atoms with van der Waals surface area (Å²) in [5, 5.41) is 5.19. The van der Waals surface area contributed by atoms with E-state index >= 15 is 0 Å². The predicted molar refractivity (Wildman–Crippen MR) is 111 cm³/mol. The first-order chi connectivity index (χ1) is 12.8. The SMILES string of the molecule is O=P(c1ccccc1)(c1ccccc1)c1c2c(cc3ccccc13)CC2. The molecule has 1 aliphatic rings. The van der Waals surface area contributed by atoms with Crippen molar-refractivity contribution in [3.63, 3.8) is 0 Å². The van der Waals surface area contributed by atoms with E-state index in [-0.39, 0.29) is 0 Å². The van der Waals surface area contributed by atoms with Gasteiger partial charge in [-0.2, -0.15) is 0 Å². The minimum absolute atomic E-state index is 0.914. The summed E-state index contributed by atoms with van der Waals surface area (Å²) in [5.41, 5.74) is 2.64. The topological polar surface area (TPSA) is 17.1 Å². The zero-order chi connectivity index (χ0) is 17.6. The number of aryl methyl sites for hydroxylation is 1. The lowest BCUT2D eigenvalue weighted by Gasteiger charge is -2.30. The Morgan fingerprint density at radius 1 is 0.654 bits per heavy atom. The van der Waals surface area contributed by atoms with Gasteiger partial charge in [-0.05, 0) is 34.7 Å². The van der Waals surface area contributed by atoms with Gasteiger partial charge in [0.25, 0.3) is 0 Å². The zero-order valence-electron chi connectivity index (χ0n) is 14.4. The highest BCUT2D eigenvalue weighted by atomic mass is 31.2. The van der Waals surface area contributed by atoms with Gasteiger partial charge in [-0.1, -0.05) is 91.0 Å². The lowest BCUT2D eigenvalue weighted by Crippen LogP contribution is -2.31. The fourth-order valence-electron chi connectivity index (χ4n) is 4.06. The summed E-state index contributed by atoms with van der Waals surface area (Å²) >= 11 is 0. The molecule has 0 bridgehead atoms. The number of fused-ring (bicyclic) bond motifs is 2. The molecule has 1 nitrogen and oxygen atoms in total. The summed E-state index contributed by atoms with van der Waals surface area (Å²) in [6.07, 6.45) is 2.09. The van der Waals surface area contributed by atoms with E-state index in [1.165, 1.54) is 16.5 Å². The van der Waals surface area contributed by atoms with Gasteiger partial charge in [-0.3, -0.25) is 0 Å². The molecule has 2 heteroatoms. The molecule has 0 aromatic heterocycles. The molecule has 0 saturated carbocycles. The third-order valence-electron chi connectivity index (χ3n) is 5.42. The number of benzene rings is 4. The van der Waals surface area contributed by atoms with Crippen molar-refractivity contribution < 1.29 is 4.57 Å². The fourth-order valence-corrected chi connectivity index (χ4v) is 7.23. The van der Waals surface area contributed by atoms with Crippen molar-refractivity contribution in [1.29, 1.82) is 0 Å².